The van der Waals surface area contributed by atoms with Gasteiger partial charge < -0.3 is 10.5 Å². The van der Waals surface area contributed by atoms with Crippen molar-refractivity contribution in [2.45, 2.75) is 5.03 Å². The molecule has 2 heterocycles. The van der Waals surface area contributed by atoms with E-state index in [0.29, 0.717) is 11.6 Å². The van der Waals surface area contributed by atoms with Crippen molar-refractivity contribution in [2.24, 2.45) is 4.99 Å². The van der Waals surface area contributed by atoms with Crippen molar-refractivity contribution in [2.75, 3.05) is 18.6 Å². The topological polar surface area (TPSA) is 73.4 Å². The highest BCUT2D eigenvalue weighted by molar-refractivity contribution is 8.00. The van der Waals surface area contributed by atoms with Gasteiger partial charge in [-0.2, -0.15) is 4.98 Å². The number of rotatable bonds is 2. The van der Waals surface area contributed by atoms with Gasteiger partial charge in [0.15, 0.2) is 5.69 Å². The summed E-state index contributed by atoms with van der Waals surface area (Å²) in [5, 5.41) is 0.853. The third kappa shape index (κ3) is 2.26. The van der Waals surface area contributed by atoms with Gasteiger partial charge in [-0.05, 0) is 17.7 Å². The van der Waals surface area contributed by atoms with Gasteiger partial charge in [-0.25, -0.2) is 9.98 Å². The van der Waals surface area contributed by atoms with Gasteiger partial charge in [-0.1, -0.05) is 23.9 Å². The molecule has 0 amide bonds. The third-order valence-corrected chi connectivity index (χ3v) is 3.77. The zero-order valence-electron chi connectivity index (χ0n) is 10.3. The first-order valence-electron chi connectivity index (χ1n) is 5.73. The van der Waals surface area contributed by atoms with E-state index >= 15 is 0 Å². The minimum Gasteiger partial charge on any atom is -0.479 e. The fourth-order valence-corrected chi connectivity index (χ4v) is 2.72. The summed E-state index contributed by atoms with van der Waals surface area (Å²) in [5.41, 5.74) is 9.17. The second-order valence-electron chi connectivity index (χ2n) is 4.01. The molecule has 0 spiro atoms. The zero-order valence-corrected chi connectivity index (χ0v) is 11.1. The van der Waals surface area contributed by atoms with Gasteiger partial charge in [0.1, 0.15) is 11.4 Å². The predicted octanol–water partition coefficient (Wildman–Crippen LogP) is 2.29. The van der Waals surface area contributed by atoms with E-state index in [-0.39, 0.29) is 0 Å². The van der Waals surface area contributed by atoms with E-state index in [1.165, 1.54) is 6.33 Å². The molecule has 3 rings (SSSR count). The van der Waals surface area contributed by atoms with Crippen molar-refractivity contribution in [1.29, 1.82) is 0 Å². The van der Waals surface area contributed by atoms with Gasteiger partial charge in [0.25, 0.3) is 0 Å². The van der Waals surface area contributed by atoms with Gasteiger partial charge in [0.05, 0.1) is 12.8 Å². The first-order chi connectivity index (χ1) is 9.28. The van der Waals surface area contributed by atoms with Crippen LogP contribution in [0.25, 0.3) is 0 Å². The maximum atomic E-state index is 5.69. The number of anilines is 1. The number of thioether (sulfide) groups is 1. The van der Waals surface area contributed by atoms with E-state index in [1.807, 2.05) is 24.3 Å². The highest BCUT2D eigenvalue weighted by atomic mass is 32.2. The molecule has 19 heavy (non-hydrogen) atoms. The van der Waals surface area contributed by atoms with Gasteiger partial charge in [0, 0.05) is 11.4 Å². The van der Waals surface area contributed by atoms with Crippen LogP contribution in [0.5, 0.6) is 5.88 Å². The molecule has 96 valence electrons. The molecule has 2 N–H and O–H groups in total. The Morgan fingerprint density at radius 2 is 2.00 bits per heavy atom. The van der Waals surface area contributed by atoms with E-state index in [9.17, 15) is 0 Å². The third-order valence-electron chi connectivity index (χ3n) is 2.78. The Morgan fingerprint density at radius 1 is 1.21 bits per heavy atom. The van der Waals surface area contributed by atoms with Crippen LogP contribution >= 0.6 is 11.8 Å². The Hall–Kier alpha value is -2.08. The number of aliphatic imine (C=N–C) groups is 1. The van der Waals surface area contributed by atoms with Crippen LogP contribution in [0.1, 0.15) is 5.56 Å². The first kappa shape index (κ1) is 12.0. The zero-order chi connectivity index (χ0) is 13.2. The monoisotopic (exact) mass is 272 g/mol. The molecule has 0 fully saturated rings. The van der Waals surface area contributed by atoms with Crippen molar-refractivity contribution in [3.05, 3.63) is 36.2 Å². The van der Waals surface area contributed by atoms with Gasteiger partial charge in [0.2, 0.25) is 5.88 Å². The maximum Gasteiger partial charge on any atom is 0.244 e. The van der Waals surface area contributed by atoms with Crippen LogP contribution in [0.3, 0.4) is 0 Å². The normalized spacial score (nSPS) is 13.6. The van der Waals surface area contributed by atoms with Crippen molar-refractivity contribution in [1.82, 2.24) is 9.97 Å². The summed E-state index contributed by atoms with van der Waals surface area (Å²) in [7, 11) is 1.58. The summed E-state index contributed by atoms with van der Waals surface area (Å²) >= 11 is 1.63. The second kappa shape index (κ2) is 4.89. The number of nitrogens with two attached hydrogens (primary N) is 1. The minimum absolute atomic E-state index is 0.505. The molecule has 1 aliphatic rings. The molecule has 0 saturated heterocycles. The minimum atomic E-state index is 0.505. The average Bonchev–Trinajstić information content (AvgIpc) is 2.47. The molecular weight excluding hydrogens is 260 g/mol. The molecule has 0 radical (unpaired) electrons. The number of aromatic nitrogens is 2. The molecule has 2 aromatic rings. The van der Waals surface area contributed by atoms with Gasteiger partial charge >= 0.3 is 0 Å². The molecule has 0 saturated carbocycles. The Balaban J connectivity index is 2.05. The standard InChI is InChI=1S/C13H12N4OS/c1-18-12-11-13(16-7-15-12)19-6-10(17-11)8-2-4-9(14)5-3-8/h2-5,7H,6,14H2,1H3. The molecule has 0 atom stereocenters. The molecular formula is C13H12N4OS. The summed E-state index contributed by atoms with van der Waals surface area (Å²) in [4.78, 5) is 12.9. The van der Waals surface area contributed by atoms with Gasteiger partial charge in [-0.3, -0.25) is 0 Å². The van der Waals surface area contributed by atoms with E-state index < -0.39 is 0 Å². The van der Waals surface area contributed by atoms with Crippen molar-refractivity contribution in [3.8, 4) is 5.88 Å². The Morgan fingerprint density at radius 3 is 2.74 bits per heavy atom. The van der Waals surface area contributed by atoms with Crippen LogP contribution in [-0.4, -0.2) is 28.5 Å². The lowest BCUT2D eigenvalue weighted by molar-refractivity contribution is 0.396. The van der Waals surface area contributed by atoms with Crippen LogP contribution in [0.2, 0.25) is 0 Å². The lowest BCUT2D eigenvalue weighted by atomic mass is 10.1. The number of methoxy groups -OCH3 is 1. The van der Waals surface area contributed by atoms with Crippen LogP contribution in [0.15, 0.2) is 40.6 Å². The largest absolute Gasteiger partial charge is 0.479 e. The van der Waals surface area contributed by atoms with Crippen LogP contribution < -0.4 is 10.5 Å². The molecule has 0 bridgehead atoms. The van der Waals surface area contributed by atoms with Crippen LogP contribution in [0, 0.1) is 0 Å². The lowest BCUT2D eigenvalue weighted by Crippen LogP contribution is -2.09. The van der Waals surface area contributed by atoms with E-state index in [0.717, 1.165) is 27.7 Å². The highest BCUT2D eigenvalue weighted by Crippen LogP contribution is 2.38. The summed E-state index contributed by atoms with van der Waals surface area (Å²) in [6.45, 7) is 0. The van der Waals surface area contributed by atoms with Crippen molar-refractivity contribution in [3.63, 3.8) is 0 Å². The second-order valence-corrected chi connectivity index (χ2v) is 4.97. The number of hydrogen-bond acceptors (Lipinski definition) is 6. The van der Waals surface area contributed by atoms with E-state index in [1.54, 1.807) is 18.9 Å². The number of ether oxygens (including phenoxy) is 1. The number of hydrogen-bond donors (Lipinski definition) is 1. The van der Waals surface area contributed by atoms with E-state index in [2.05, 4.69) is 15.0 Å². The Labute approximate surface area is 114 Å². The number of benzene rings is 1. The predicted molar refractivity (Wildman–Crippen MR) is 76.4 cm³/mol. The number of nitrogens with zero attached hydrogens (tertiary/aromatic N) is 3. The highest BCUT2D eigenvalue weighted by Gasteiger charge is 2.19. The number of fused-ring (bicyclic) bond motifs is 1. The lowest BCUT2D eigenvalue weighted by Gasteiger charge is -2.15. The van der Waals surface area contributed by atoms with E-state index in [4.69, 9.17) is 10.5 Å². The summed E-state index contributed by atoms with van der Waals surface area (Å²) in [5.74, 6) is 1.28. The molecule has 0 unspecified atom stereocenters. The summed E-state index contributed by atoms with van der Waals surface area (Å²) in [6.07, 6.45) is 1.49. The fourth-order valence-electron chi connectivity index (χ4n) is 1.83. The molecule has 1 aromatic carbocycles. The van der Waals surface area contributed by atoms with Crippen molar-refractivity contribution >= 4 is 28.8 Å². The number of nitrogen functional groups attached to an aromatic ring is 1. The molecule has 6 heteroatoms. The Bertz CT molecular complexity index is 640. The molecule has 5 nitrogen and oxygen atoms in total. The van der Waals surface area contributed by atoms with Gasteiger partial charge in [-0.15, -0.1) is 0 Å². The quantitative estimate of drug-likeness (QED) is 0.670. The first-order valence-corrected chi connectivity index (χ1v) is 6.72. The fraction of sp³-hybridized carbons (Fsp3) is 0.154. The Kier molecular flexibility index (Phi) is 3.08. The summed E-state index contributed by atoms with van der Waals surface area (Å²) < 4.78 is 5.22. The SMILES string of the molecule is COc1ncnc2c1N=C(c1ccc(N)cc1)CS2. The summed E-state index contributed by atoms with van der Waals surface area (Å²) in [6, 6.07) is 7.68. The molecule has 1 aliphatic heterocycles. The molecule has 0 aliphatic carbocycles. The smallest absolute Gasteiger partial charge is 0.244 e. The maximum absolute atomic E-state index is 5.69. The van der Waals surface area contributed by atoms with Crippen LogP contribution in [-0.2, 0) is 0 Å². The van der Waals surface area contributed by atoms with Crippen molar-refractivity contribution < 1.29 is 4.74 Å². The average molecular weight is 272 g/mol. The molecule has 1 aromatic heterocycles. The van der Waals surface area contributed by atoms with Crippen LogP contribution in [0.4, 0.5) is 11.4 Å².